The lowest BCUT2D eigenvalue weighted by Crippen LogP contribution is -2.41. The molecule has 1 aromatic carbocycles. The van der Waals surface area contributed by atoms with E-state index < -0.39 is 28.0 Å². The van der Waals surface area contributed by atoms with E-state index in [2.05, 4.69) is 9.46 Å². The minimum Gasteiger partial charge on any atom is -0.480 e. The van der Waals surface area contributed by atoms with Gasteiger partial charge in [0.05, 0.1) is 17.6 Å². The summed E-state index contributed by atoms with van der Waals surface area (Å²) in [6.45, 7) is 1.87. The third kappa shape index (κ3) is 4.54. The molecule has 0 fully saturated rings. The third-order valence-electron chi connectivity index (χ3n) is 3.02. The zero-order valence-electron chi connectivity index (χ0n) is 12.4. The summed E-state index contributed by atoms with van der Waals surface area (Å²) in [6, 6.07) is 4.24. The van der Waals surface area contributed by atoms with Crippen molar-refractivity contribution < 1.29 is 27.9 Å². The number of carboxylic acids is 1. The number of sulfonamides is 1. The van der Waals surface area contributed by atoms with Crippen molar-refractivity contribution in [3.8, 4) is 0 Å². The molecular weight excluding hydrogens is 310 g/mol. The Morgan fingerprint density at radius 1 is 1.32 bits per heavy atom. The molecule has 0 unspecified atom stereocenters. The molecule has 0 bridgehead atoms. The van der Waals surface area contributed by atoms with Crippen LogP contribution in [0.3, 0.4) is 0 Å². The number of ether oxygens (including phenoxy) is 1. The lowest BCUT2D eigenvalue weighted by molar-refractivity contribution is -0.139. The van der Waals surface area contributed by atoms with Crippen LogP contribution in [0.4, 0.5) is 0 Å². The van der Waals surface area contributed by atoms with Crippen molar-refractivity contribution in [2.24, 2.45) is 0 Å². The predicted octanol–water partition coefficient (Wildman–Crippen LogP) is 1.39. The molecule has 0 saturated carbocycles. The van der Waals surface area contributed by atoms with E-state index in [-0.39, 0.29) is 16.9 Å². The minimum absolute atomic E-state index is 0.142. The van der Waals surface area contributed by atoms with E-state index in [1.165, 1.54) is 24.3 Å². The number of esters is 1. The Labute approximate surface area is 129 Å². The maximum Gasteiger partial charge on any atom is 0.339 e. The SMILES string of the molecule is CCCC[C@H](NS(=O)(=O)c1ccccc1C(=O)OC)C(=O)O. The molecule has 122 valence electrons. The van der Waals surface area contributed by atoms with Crippen LogP contribution in [-0.4, -0.2) is 38.6 Å². The predicted molar refractivity (Wildman–Crippen MR) is 79.1 cm³/mol. The topological polar surface area (TPSA) is 110 Å². The summed E-state index contributed by atoms with van der Waals surface area (Å²) < 4.78 is 31.4. The number of methoxy groups -OCH3 is 1. The molecule has 2 N–H and O–H groups in total. The molecule has 0 aromatic heterocycles. The fraction of sp³-hybridized carbons (Fsp3) is 0.429. The van der Waals surface area contributed by atoms with Crippen LogP contribution < -0.4 is 4.72 Å². The van der Waals surface area contributed by atoms with Crippen LogP contribution in [0.2, 0.25) is 0 Å². The van der Waals surface area contributed by atoms with Gasteiger partial charge < -0.3 is 9.84 Å². The normalized spacial score (nSPS) is 12.6. The fourth-order valence-electron chi connectivity index (χ4n) is 1.87. The molecule has 1 atom stereocenters. The Hall–Kier alpha value is -1.93. The standard InChI is InChI=1S/C14H19NO6S/c1-3-4-8-11(13(16)17)15-22(19,20)12-9-6-5-7-10(12)14(18)21-2/h5-7,9,11,15H,3-4,8H2,1-2H3,(H,16,17)/t11-/m0/s1. The Bertz CT molecular complexity index is 640. The molecule has 0 heterocycles. The van der Waals surface area contributed by atoms with Crippen molar-refractivity contribution in [1.29, 1.82) is 0 Å². The van der Waals surface area contributed by atoms with E-state index in [4.69, 9.17) is 5.11 Å². The lowest BCUT2D eigenvalue weighted by Gasteiger charge is -2.15. The Morgan fingerprint density at radius 2 is 1.95 bits per heavy atom. The van der Waals surface area contributed by atoms with Crippen molar-refractivity contribution >= 4 is 22.0 Å². The second-order valence-corrected chi connectivity index (χ2v) is 6.32. The average Bonchev–Trinajstić information content (AvgIpc) is 2.50. The number of carbonyl (C=O) groups excluding carboxylic acids is 1. The van der Waals surface area contributed by atoms with E-state index in [0.29, 0.717) is 6.42 Å². The number of unbranched alkanes of at least 4 members (excludes halogenated alkanes) is 1. The molecule has 1 aromatic rings. The highest BCUT2D eigenvalue weighted by atomic mass is 32.2. The maximum absolute atomic E-state index is 12.4. The molecule has 22 heavy (non-hydrogen) atoms. The maximum atomic E-state index is 12.4. The number of benzene rings is 1. The highest BCUT2D eigenvalue weighted by molar-refractivity contribution is 7.89. The second-order valence-electron chi connectivity index (χ2n) is 4.64. The van der Waals surface area contributed by atoms with Gasteiger partial charge in [-0.3, -0.25) is 4.79 Å². The smallest absolute Gasteiger partial charge is 0.339 e. The number of carbonyl (C=O) groups is 2. The Morgan fingerprint density at radius 3 is 2.50 bits per heavy atom. The van der Waals surface area contributed by atoms with E-state index in [9.17, 15) is 18.0 Å². The van der Waals surface area contributed by atoms with Crippen LogP contribution >= 0.6 is 0 Å². The summed E-state index contributed by atoms with van der Waals surface area (Å²) in [5.74, 6) is -2.06. The van der Waals surface area contributed by atoms with Gasteiger partial charge >= 0.3 is 11.9 Å². The van der Waals surface area contributed by atoms with Gasteiger partial charge in [0.1, 0.15) is 6.04 Å². The third-order valence-corrected chi connectivity index (χ3v) is 4.55. The van der Waals surface area contributed by atoms with Crippen LogP contribution in [0.5, 0.6) is 0 Å². The van der Waals surface area contributed by atoms with Crippen LogP contribution in [0.1, 0.15) is 36.5 Å². The van der Waals surface area contributed by atoms with Crippen molar-refractivity contribution in [2.45, 2.75) is 37.1 Å². The molecule has 0 saturated heterocycles. The summed E-state index contributed by atoms with van der Waals surface area (Å²) in [7, 11) is -3.01. The monoisotopic (exact) mass is 329 g/mol. The average molecular weight is 329 g/mol. The van der Waals surface area contributed by atoms with Gasteiger partial charge in [-0.15, -0.1) is 0 Å². The number of carboxylic acid groups (broad SMARTS) is 1. The van der Waals surface area contributed by atoms with Gasteiger partial charge in [0, 0.05) is 0 Å². The number of rotatable bonds is 8. The molecule has 0 aliphatic rings. The number of hydrogen-bond acceptors (Lipinski definition) is 5. The summed E-state index contributed by atoms with van der Waals surface area (Å²) in [5, 5.41) is 9.12. The Balaban J connectivity index is 3.13. The van der Waals surface area contributed by atoms with E-state index in [0.717, 1.165) is 13.5 Å². The minimum atomic E-state index is -4.15. The number of nitrogens with one attached hydrogen (secondary N) is 1. The summed E-state index contributed by atoms with van der Waals surface area (Å²) in [5.41, 5.74) is -0.142. The molecule has 0 aliphatic carbocycles. The molecule has 8 heteroatoms. The van der Waals surface area contributed by atoms with Crippen LogP contribution in [0, 0.1) is 0 Å². The zero-order chi connectivity index (χ0) is 16.8. The first-order chi connectivity index (χ1) is 10.3. The zero-order valence-corrected chi connectivity index (χ0v) is 13.2. The van der Waals surface area contributed by atoms with Gasteiger partial charge in [-0.05, 0) is 18.6 Å². The number of aliphatic carboxylic acids is 1. The van der Waals surface area contributed by atoms with Crippen molar-refractivity contribution in [3.63, 3.8) is 0 Å². The van der Waals surface area contributed by atoms with Crippen LogP contribution in [0.15, 0.2) is 29.2 Å². The van der Waals surface area contributed by atoms with E-state index >= 15 is 0 Å². The molecule has 0 spiro atoms. The van der Waals surface area contributed by atoms with Crippen molar-refractivity contribution in [2.75, 3.05) is 7.11 Å². The first-order valence-corrected chi connectivity index (χ1v) is 8.24. The molecule has 0 radical (unpaired) electrons. The quantitative estimate of drug-likeness (QED) is 0.698. The van der Waals surface area contributed by atoms with Gasteiger partial charge in [-0.2, -0.15) is 4.72 Å². The first-order valence-electron chi connectivity index (χ1n) is 6.76. The number of hydrogen-bond donors (Lipinski definition) is 2. The molecule has 0 amide bonds. The lowest BCUT2D eigenvalue weighted by atomic mass is 10.1. The fourth-order valence-corrected chi connectivity index (χ4v) is 3.29. The van der Waals surface area contributed by atoms with Crippen LogP contribution in [0.25, 0.3) is 0 Å². The summed E-state index contributed by atoms with van der Waals surface area (Å²) in [4.78, 5) is 22.5. The highest BCUT2D eigenvalue weighted by Gasteiger charge is 2.28. The van der Waals surface area contributed by atoms with Gasteiger partial charge in [0.25, 0.3) is 0 Å². The molecule has 0 aliphatic heterocycles. The highest BCUT2D eigenvalue weighted by Crippen LogP contribution is 2.17. The largest absolute Gasteiger partial charge is 0.480 e. The van der Waals surface area contributed by atoms with Crippen LogP contribution in [-0.2, 0) is 19.6 Å². The van der Waals surface area contributed by atoms with Gasteiger partial charge in [0.15, 0.2) is 0 Å². The van der Waals surface area contributed by atoms with Gasteiger partial charge in [-0.1, -0.05) is 31.9 Å². The summed E-state index contributed by atoms with van der Waals surface area (Å²) >= 11 is 0. The molecule has 1 rings (SSSR count). The second kappa shape index (κ2) is 7.90. The first kappa shape index (κ1) is 18.1. The van der Waals surface area contributed by atoms with E-state index in [1.807, 2.05) is 6.92 Å². The van der Waals surface area contributed by atoms with Crippen molar-refractivity contribution in [3.05, 3.63) is 29.8 Å². The molecular formula is C14H19NO6S. The van der Waals surface area contributed by atoms with E-state index in [1.54, 1.807) is 0 Å². The Kier molecular flexibility index (Phi) is 6.51. The van der Waals surface area contributed by atoms with Crippen molar-refractivity contribution in [1.82, 2.24) is 4.72 Å². The van der Waals surface area contributed by atoms with Gasteiger partial charge in [-0.25, -0.2) is 13.2 Å². The van der Waals surface area contributed by atoms with Gasteiger partial charge in [0.2, 0.25) is 10.0 Å². The summed E-state index contributed by atoms with van der Waals surface area (Å²) in [6.07, 6.45) is 1.48. The molecule has 7 nitrogen and oxygen atoms in total.